The van der Waals surface area contributed by atoms with Crippen LogP contribution >= 0.6 is 7.82 Å². The van der Waals surface area contributed by atoms with Crippen LogP contribution in [0.3, 0.4) is 0 Å². The van der Waals surface area contributed by atoms with Crippen molar-refractivity contribution in [3.8, 4) is 0 Å². The number of hydrogen-bond donors (Lipinski definition) is 2. The fraction of sp³-hybridized carbons (Fsp3) is 1.00. The van der Waals surface area contributed by atoms with Gasteiger partial charge in [-0.05, 0) is 6.42 Å². The maximum atomic E-state index is 10.5. The summed E-state index contributed by atoms with van der Waals surface area (Å²) in [5.74, 6) is 0. The fourth-order valence-electron chi connectivity index (χ4n) is 4.60. The summed E-state index contributed by atoms with van der Waals surface area (Å²) in [6.07, 6.45) is 35.4. The molecular weight excluding hydrogens is 504 g/mol. The predicted molar refractivity (Wildman–Crippen MR) is 168 cm³/mol. The summed E-state index contributed by atoms with van der Waals surface area (Å²) in [5, 5.41) is 0. The molecule has 0 saturated carbocycles. The Labute approximate surface area is 283 Å². The van der Waals surface area contributed by atoms with Crippen molar-refractivity contribution >= 4 is 77.0 Å². The molecule has 0 aromatic rings. The second kappa shape index (κ2) is 37.4. The summed E-state index contributed by atoms with van der Waals surface area (Å²) in [4.78, 5) is 17.2. The van der Waals surface area contributed by atoms with Gasteiger partial charge in [-0.1, -0.05) is 167 Å². The van der Waals surface area contributed by atoms with Gasteiger partial charge in [-0.3, -0.25) is 4.52 Å². The normalized spacial score (nSPS) is 11.0. The monoisotopic (exact) mass is 568 g/mol. The van der Waals surface area contributed by atoms with Gasteiger partial charge in [0.15, 0.2) is 0 Å². The van der Waals surface area contributed by atoms with Crippen molar-refractivity contribution in [2.45, 2.75) is 174 Å². The van der Waals surface area contributed by atoms with Crippen LogP contribution in [0.5, 0.6) is 0 Å². The summed E-state index contributed by atoms with van der Waals surface area (Å²) in [6, 6.07) is 0. The smallest absolute Gasteiger partial charge is 1.00 e. The van der Waals surface area contributed by atoms with Gasteiger partial charge in [0.2, 0.25) is 0 Å². The number of rotatable bonds is 28. The van der Waals surface area contributed by atoms with Crippen LogP contribution in [0.15, 0.2) is 0 Å². The van der Waals surface area contributed by atoms with Crippen molar-refractivity contribution in [3.05, 3.63) is 0 Å². The van der Waals surface area contributed by atoms with Gasteiger partial charge in [-0.25, -0.2) is 4.57 Å². The first-order chi connectivity index (χ1) is 16.1. The zero-order valence-electron chi connectivity index (χ0n) is 30.4. The van der Waals surface area contributed by atoms with Crippen molar-refractivity contribution in [1.29, 1.82) is 0 Å². The van der Waals surface area contributed by atoms with E-state index in [0.29, 0.717) is 0 Å². The molecule has 0 aromatic heterocycles. The number of phosphoric ester groups is 1. The number of hydrogen-bond acceptors (Lipinski definition) is 2. The Kier molecular flexibility index (Phi) is 47.2. The van der Waals surface area contributed by atoms with E-state index in [1.165, 1.54) is 148 Å². The first-order valence-electron chi connectivity index (χ1n) is 14.8. The van der Waals surface area contributed by atoms with Crippen LogP contribution in [0.25, 0.3) is 0 Å². The van der Waals surface area contributed by atoms with Crippen LogP contribution < -0.4 is 0 Å². The summed E-state index contributed by atoms with van der Waals surface area (Å²) in [6.45, 7) is 2.46. The molecule has 0 unspecified atom stereocenters. The van der Waals surface area contributed by atoms with Crippen molar-refractivity contribution in [1.82, 2.24) is 0 Å². The van der Waals surface area contributed by atoms with E-state index in [9.17, 15) is 4.57 Å². The van der Waals surface area contributed by atoms with Crippen LogP contribution in [0.4, 0.5) is 0 Å². The minimum atomic E-state index is -4.27. The third-order valence-electron chi connectivity index (χ3n) is 6.76. The molecule has 4 nitrogen and oxygen atoms in total. The summed E-state index contributed by atoms with van der Waals surface area (Å²) < 4.78 is 15.0. The molecule has 0 atom stereocenters. The molecule has 2 N–H and O–H groups in total. The van der Waals surface area contributed by atoms with E-state index in [-0.39, 0.29) is 84.3 Å². The third kappa shape index (κ3) is 43.5. The average molecular weight is 570 g/mol. The Bertz CT molecular complexity index is 450. The maximum absolute atomic E-state index is 10.5. The zero-order valence-corrected chi connectivity index (χ0v) is 29.5. The van der Waals surface area contributed by atoms with Gasteiger partial charge in [0, 0.05) is 0 Å². The molecule has 0 saturated heterocycles. The van der Waals surface area contributed by atoms with Gasteiger partial charge in [-0.15, -0.1) is 0 Å². The zero-order chi connectivity index (χ0) is 24.3. The molecule has 0 heterocycles. The van der Waals surface area contributed by atoms with Crippen molar-refractivity contribution in [3.63, 3.8) is 0 Å². The Balaban J connectivity index is -0.000000142. The van der Waals surface area contributed by atoms with Gasteiger partial charge in [0.25, 0.3) is 0 Å². The first kappa shape index (κ1) is 45.4. The van der Waals surface area contributed by atoms with E-state index >= 15 is 0 Å². The second-order valence-corrected chi connectivity index (χ2v) is 11.4. The molecule has 0 aromatic carbocycles. The van der Waals surface area contributed by atoms with E-state index in [4.69, 9.17) is 9.79 Å². The van der Waals surface area contributed by atoms with Gasteiger partial charge in [0.1, 0.15) is 0 Å². The van der Waals surface area contributed by atoms with E-state index in [1.807, 2.05) is 0 Å². The number of unbranched alkanes of at least 4 members (excludes halogenated alkanes) is 25. The molecule has 0 aliphatic heterocycles. The molecule has 0 aliphatic carbocycles. The second-order valence-electron chi connectivity index (χ2n) is 10.2. The molecule has 0 amide bonds. The van der Waals surface area contributed by atoms with Gasteiger partial charge in [-0.2, -0.15) is 0 Å². The SMILES string of the molecule is CCCCCCCCCCCCCCCCCCCCCCCCCCCCOP(=O)(O)O.[H-].[H-].[H-].[H-].[H-].[H-].[Mg+2].[Mg+2].[Mg+2]. The topological polar surface area (TPSA) is 66.8 Å². The maximum Gasteiger partial charge on any atom is 2.00 e. The fourth-order valence-corrected chi connectivity index (χ4v) is 4.97. The van der Waals surface area contributed by atoms with Gasteiger partial charge >= 0.3 is 77.0 Å². The van der Waals surface area contributed by atoms with Gasteiger partial charge in [0.05, 0.1) is 6.61 Å². The molecule has 0 spiro atoms. The summed E-state index contributed by atoms with van der Waals surface area (Å²) in [5.41, 5.74) is 0. The molecule has 212 valence electrons. The molecule has 0 bridgehead atoms. The van der Waals surface area contributed by atoms with Crippen molar-refractivity contribution in [2.24, 2.45) is 0 Å². The van der Waals surface area contributed by atoms with Crippen LogP contribution in [0, 0.1) is 0 Å². The van der Waals surface area contributed by atoms with Gasteiger partial charge < -0.3 is 18.3 Å². The van der Waals surface area contributed by atoms with Crippen LogP contribution in [-0.2, 0) is 9.09 Å². The predicted octanol–water partition coefficient (Wildman–Crippen LogP) is 9.79. The molecule has 0 aliphatic rings. The first-order valence-corrected chi connectivity index (χ1v) is 16.3. The van der Waals surface area contributed by atoms with E-state index < -0.39 is 7.82 Å². The minimum absolute atomic E-state index is 0. The quantitative estimate of drug-likeness (QED) is 0.0559. The van der Waals surface area contributed by atoms with Crippen molar-refractivity contribution < 1.29 is 27.4 Å². The molecular formula is C28H65Mg3O4P. The standard InChI is InChI=1S/C28H59O4P.3Mg.6H/c1-2-3-4-5-6-7-8-9-10-11-12-13-14-15-16-17-18-19-20-21-22-23-24-25-26-27-28-32-33(29,30)31;;;;;;;;;/h2-28H2,1H3,(H2,29,30,31);;;;;;;;;/q;3*+2;6*-1. The summed E-state index contributed by atoms with van der Waals surface area (Å²) in [7, 11) is -4.27. The van der Waals surface area contributed by atoms with E-state index in [1.54, 1.807) is 0 Å². The van der Waals surface area contributed by atoms with E-state index in [0.717, 1.165) is 19.3 Å². The Hall–Kier alpha value is 2.41. The third-order valence-corrected chi connectivity index (χ3v) is 7.28. The Morgan fingerprint density at radius 1 is 0.444 bits per heavy atom. The molecule has 0 fully saturated rings. The Morgan fingerprint density at radius 2 is 0.639 bits per heavy atom. The molecule has 0 radical (unpaired) electrons. The molecule has 8 heteroatoms. The molecule has 0 rings (SSSR count). The average Bonchev–Trinajstić information content (AvgIpc) is 2.78. The summed E-state index contributed by atoms with van der Waals surface area (Å²) >= 11 is 0. The Morgan fingerprint density at radius 3 is 0.833 bits per heavy atom. The number of phosphoric acid groups is 1. The molecule has 36 heavy (non-hydrogen) atoms. The van der Waals surface area contributed by atoms with Crippen LogP contribution in [0.1, 0.15) is 182 Å². The van der Waals surface area contributed by atoms with Crippen LogP contribution in [-0.4, -0.2) is 85.6 Å². The van der Waals surface area contributed by atoms with Crippen molar-refractivity contribution in [2.75, 3.05) is 6.61 Å². The van der Waals surface area contributed by atoms with E-state index in [2.05, 4.69) is 11.4 Å². The largest absolute Gasteiger partial charge is 2.00 e. The van der Waals surface area contributed by atoms with Crippen LogP contribution in [0.2, 0.25) is 0 Å². The minimum Gasteiger partial charge on any atom is -1.00 e.